The fourth-order valence-electron chi connectivity index (χ4n) is 2.65. The van der Waals surface area contributed by atoms with E-state index < -0.39 is 0 Å². The van der Waals surface area contributed by atoms with Gasteiger partial charge < -0.3 is 5.73 Å². The molecule has 0 aliphatic rings. The Morgan fingerprint density at radius 3 is 2.50 bits per heavy atom. The first-order valence-electron chi connectivity index (χ1n) is 7.10. The van der Waals surface area contributed by atoms with E-state index in [0.29, 0.717) is 0 Å². The van der Waals surface area contributed by atoms with Crippen LogP contribution in [0.5, 0.6) is 0 Å². The lowest BCUT2D eigenvalue weighted by atomic mass is 9.98. The van der Waals surface area contributed by atoms with E-state index in [1.165, 1.54) is 6.07 Å². The van der Waals surface area contributed by atoms with Crippen molar-refractivity contribution in [2.24, 2.45) is 5.73 Å². The predicted octanol–water partition coefficient (Wildman–Crippen LogP) is 4.78. The SMILES string of the molecule is CSc1c(-c2ccccc2)c(C(C)N)nc2ccc(F)cc12. The molecule has 0 bridgehead atoms. The molecule has 0 aliphatic carbocycles. The smallest absolute Gasteiger partial charge is 0.124 e. The Hall–Kier alpha value is -1.91. The number of aromatic nitrogens is 1. The Labute approximate surface area is 133 Å². The summed E-state index contributed by atoms with van der Waals surface area (Å²) in [6.45, 7) is 1.92. The second kappa shape index (κ2) is 6.07. The minimum atomic E-state index is -0.253. The molecule has 0 amide bonds. The minimum Gasteiger partial charge on any atom is -0.323 e. The highest BCUT2D eigenvalue weighted by Gasteiger charge is 2.18. The van der Waals surface area contributed by atoms with Crippen LogP contribution < -0.4 is 5.73 Å². The van der Waals surface area contributed by atoms with E-state index in [1.54, 1.807) is 23.9 Å². The van der Waals surface area contributed by atoms with Gasteiger partial charge in [-0.2, -0.15) is 0 Å². The maximum atomic E-state index is 13.7. The molecule has 1 unspecified atom stereocenters. The number of fused-ring (bicyclic) bond motifs is 1. The Balaban J connectivity index is 2.43. The second-order valence-corrected chi connectivity index (χ2v) is 6.04. The van der Waals surface area contributed by atoms with E-state index in [4.69, 9.17) is 10.7 Å². The summed E-state index contributed by atoms with van der Waals surface area (Å²) < 4.78 is 13.7. The monoisotopic (exact) mass is 312 g/mol. The number of hydrogen-bond acceptors (Lipinski definition) is 3. The van der Waals surface area contributed by atoms with E-state index in [2.05, 4.69) is 0 Å². The van der Waals surface area contributed by atoms with Gasteiger partial charge in [-0.3, -0.25) is 4.98 Å². The van der Waals surface area contributed by atoms with Gasteiger partial charge in [0.2, 0.25) is 0 Å². The first-order valence-corrected chi connectivity index (χ1v) is 8.32. The summed E-state index contributed by atoms with van der Waals surface area (Å²) in [5.41, 5.74) is 9.82. The fourth-order valence-corrected chi connectivity index (χ4v) is 3.46. The Morgan fingerprint density at radius 1 is 1.14 bits per heavy atom. The number of halogens is 1. The van der Waals surface area contributed by atoms with Crippen LogP contribution in [-0.2, 0) is 0 Å². The highest BCUT2D eigenvalue weighted by molar-refractivity contribution is 7.99. The molecule has 0 radical (unpaired) electrons. The standard InChI is InChI=1S/C18H17FN2S/c1-11(20)17-16(12-6-4-3-5-7-12)18(22-2)14-10-13(19)8-9-15(14)21-17/h3-11H,20H2,1-2H3. The zero-order chi connectivity index (χ0) is 15.7. The fraction of sp³-hybridized carbons (Fsp3) is 0.167. The van der Waals surface area contributed by atoms with Crippen molar-refractivity contribution < 1.29 is 4.39 Å². The number of benzene rings is 2. The summed E-state index contributed by atoms with van der Waals surface area (Å²) in [7, 11) is 0. The van der Waals surface area contributed by atoms with Gasteiger partial charge in [-0.25, -0.2) is 4.39 Å². The molecule has 2 aromatic carbocycles. The Bertz CT molecular complexity index is 816. The van der Waals surface area contributed by atoms with Crippen molar-refractivity contribution in [2.75, 3.05) is 6.26 Å². The molecule has 0 fully saturated rings. The molecule has 1 aromatic heterocycles. The van der Waals surface area contributed by atoms with Crippen molar-refractivity contribution in [1.29, 1.82) is 0 Å². The predicted molar refractivity (Wildman–Crippen MR) is 91.5 cm³/mol. The molecule has 0 saturated carbocycles. The van der Waals surface area contributed by atoms with E-state index in [0.717, 1.165) is 32.6 Å². The lowest BCUT2D eigenvalue weighted by molar-refractivity contribution is 0.629. The van der Waals surface area contributed by atoms with Crippen LogP contribution in [-0.4, -0.2) is 11.2 Å². The number of nitrogens with two attached hydrogens (primary N) is 1. The molecule has 0 spiro atoms. The average Bonchev–Trinajstić information content (AvgIpc) is 2.53. The molecule has 1 atom stereocenters. The molecular weight excluding hydrogens is 295 g/mol. The molecule has 4 heteroatoms. The number of pyridine rings is 1. The Kier molecular flexibility index (Phi) is 4.14. The van der Waals surface area contributed by atoms with Crippen molar-refractivity contribution in [3.8, 4) is 11.1 Å². The van der Waals surface area contributed by atoms with Crippen molar-refractivity contribution in [3.05, 3.63) is 60.0 Å². The van der Waals surface area contributed by atoms with Gasteiger partial charge in [-0.1, -0.05) is 30.3 Å². The Morgan fingerprint density at radius 2 is 1.86 bits per heavy atom. The topological polar surface area (TPSA) is 38.9 Å². The van der Waals surface area contributed by atoms with E-state index in [-0.39, 0.29) is 11.9 Å². The number of nitrogens with zero attached hydrogens (tertiary/aromatic N) is 1. The third-order valence-electron chi connectivity index (χ3n) is 3.63. The van der Waals surface area contributed by atoms with Crippen LogP contribution in [0.15, 0.2) is 53.4 Å². The van der Waals surface area contributed by atoms with Gasteiger partial charge in [-0.15, -0.1) is 11.8 Å². The number of thioether (sulfide) groups is 1. The molecule has 2 N–H and O–H groups in total. The van der Waals surface area contributed by atoms with Crippen molar-refractivity contribution >= 4 is 22.7 Å². The van der Waals surface area contributed by atoms with Crippen LogP contribution in [0.2, 0.25) is 0 Å². The van der Waals surface area contributed by atoms with Gasteiger partial charge in [0.25, 0.3) is 0 Å². The third kappa shape index (κ3) is 2.60. The van der Waals surface area contributed by atoms with E-state index >= 15 is 0 Å². The molecule has 1 heterocycles. The van der Waals surface area contributed by atoms with Gasteiger partial charge in [0.15, 0.2) is 0 Å². The maximum absolute atomic E-state index is 13.7. The zero-order valence-electron chi connectivity index (χ0n) is 12.5. The first-order chi connectivity index (χ1) is 10.6. The molecule has 112 valence electrons. The molecule has 0 saturated heterocycles. The number of rotatable bonds is 3. The zero-order valence-corrected chi connectivity index (χ0v) is 13.3. The lowest BCUT2D eigenvalue weighted by Crippen LogP contribution is -2.10. The first kappa shape index (κ1) is 15.0. The quantitative estimate of drug-likeness (QED) is 0.707. The van der Waals surface area contributed by atoms with Gasteiger partial charge in [0.05, 0.1) is 11.2 Å². The van der Waals surface area contributed by atoms with Crippen LogP contribution in [0.4, 0.5) is 4.39 Å². The normalized spacial score (nSPS) is 12.5. The van der Waals surface area contributed by atoms with Crippen LogP contribution in [0.3, 0.4) is 0 Å². The van der Waals surface area contributed by atoms with Crippen LogP contribution in [0, 0.1) is 5.82 Å². The molecule has 0 aliphatic heterocycles. The second-order valence-electron chi connectivity index (χ2n) is 5.22. The van der Waals surface area contributed by atoms with Gasteiger partial charge >= 0.3 is 0 Å². The summed E-state index contributed by atoms with van der Waals surface area (Å²) in [6.07, 6.45) is 2.00. The van der Waals surface area contributed by atoms with E-state index in [9.17, 15) is 4.39 Å². The van der Waals surface area contributed by atoms with Crippen LogP contribution >= 0.6 is 11.8 Å². The summed E-state index contributed by atoms with van der Waals surface area (Å²) in [5, 5.41) is 0.829. The minimum absolute atomic E-state index is 0.199. The summed E-state index contributed by atoms with van der Waals surface area (Å²) in [4.78, 5) is 5.71. The summed E-state index contributed by atoms with van der Waals surface area (Å²) in [5.74, 6) is -0.253. The average molecular weight is 312 g/mol. The highest BCUT2D eigenvalue weighted by Crippen LogP contribution is 2.39. The van der Waals surface area contributed by atoms with Crippen molar-refractivity contribution in [1.82, 2.24) is 4.98 Å². The molecule has 3 rings (SSSR count). The molecular formula is C18H17FN2S. The summed E-state index contributed by atoms with van der Waals surface area (Å²) >= 11 is 1.60. The maximum Gasteiger partial charge on any atom is 0.124 e. The van der Waals surface area contributed by atoms with Gasteiger partial charge in [0.1, 0.15) is 5.82 Å². The van der Waals surface area contributed by atoms with Crippen LogP contribution in [0.1, 0.15) is 18.7 Å². The largest absolute Gasteiger partial charge is 0.323 e. The highest BCUT2D eigenvalue weighted by atomic mass is 32.2. The lowest BCUT2D eigenvalue weighted by Gasteiger charge is -2.18. The molecule has 22 heavy (non-hydrogen) atoms. The van der Waals surface area contributed by atoms with Crippen LogP contribution in [0.25, 0.3) is 22.0 Å². The summed E-state index contributed by atoms with van der Waals surface area (Å²) in [6, 6.07) is 14.5. The van der Waals surface area contributed by atoms with Crippen molar-refractivity contribution in [2.45, 2.75) is 17.9 Å². The molecule has 3 aromatic rings. The third-order valence-corrected chi connectivity index (χ3v) is 4.46. The van der Waals surface area contributed by atoms with Gasteiger partial charge in [-0.05, 0) is 36.9 Å². The van der Waals surface area contributed by atoms with E-state index in [1.807, 2.05) is 43.5 Å². The van der Waals surface area contributed by atoms with Crippen molar-refractivity contribution in [3.63, 3.8) is 0 Å². The number of hydrogen-bond donors (Lipinski definition) is 1. The van der Waals surface area contributed by atoms with Gasteiger partial charge in [0, 0.05) is 21.9 Å². The molecule has 2 nitrogen and oxygen atoms in total.